The minimum Gasteiger partial charge on any atom is -0.497 e. The summed E-state index contributed by atoms with van der Waals surface area (Å²) in [5, 5.41) is 1.22. The Kier molecular flexibility index (Phi) is 4.27. The van der Waals surface area contributed by atoms with E-state index in [1.165, 1.54) is 62.7 Å². The number of ether oxygens (including phenoxy) is 1. The number of aryl methyl sites for hydroxylation is 1. The van der Waals surface area contributed by atoms with E-state index < -0.39 is 0 Å². The van der Waals surface area contributed by atoms with Crippen LogP contribution in [0.25, 0.3) is 10.9 Å². The number of hydrogen-bond donors (Lipinski definition) is 0. The van der Waals surface area contributed by atoms with Gasteiger partial charge < -0.3 is 14.5 Å². The Morgan fingerprint density at radius 1 is 1.15 bits per heavy atom. The minimum absolute atomic E-state index is 0.478. The highest BCUT2D eigenvalue weighted by Gasteiger charge is 2.42. The van der Waals surface area contributed by atoms with Crippen molar-refractivity contribution in [2.45, 2.75) is 39.0 Å². The standard InChI is InChI=1S/C23H31N3O/c1-17-12-22(24-21-13-19(27-2)6-7-20(17)21)26-11-9-23(16-26)8-3-10-25(15-23)14-18-4-5-18/h6-7,12-13,18H,3-5,8-11,14-16H2,1-2H3/t23-/m1/s1. The lowest BCUT2D eigenvalue weighted by Crippen LogP contribution is -2.45. The van der Waals surface area contributed by atoms with E-state index in [2.05, 4.69) is 34.9 Å². The number of fused-ring (bicyclic) bond motifs is 1. The predicted octanol–water partition coefficient (Wildman–Crippen LogP) is 4.25. The first-order valence-electron chi connectivity index (χ1n) is 10.6. The van der Waals surface area contributed by atoms with Crippen LogP contribution in [0.3, 0.4) is 0 Å². The molecule has 27 heavy (non-hydrogen) atoms. The molecule has 3 aliphatic rings. The summed E-state index contributed by atoms with van der Waals surface area (Å²) in [5.74, 6) is 3.02. The van der Waals surface area contributed by atoms with E-state index in [0.29, 0.717) is 5.41 Å². The van der Waals surface area contributed by atoms with E-state index in [1.54, 1.807) is 7.11 Å². The summed E-state index contributed by atoms with van der Waals surface area (Å²) in [6, 6.07) is 8.49. The third kappa shape index (κ3) is 3.40. The van der Waals surface area contributed by atoms with Gasteiger partial charge in [0.15, 0.2) is 0 Å². The number of anilines is 1. The molecule has 1 aliphatic carbocycles. The summed E-state index contributed by atoms with van der Waals surface area (Å²) in [4.78, 5) is 10.3. The summed E-state index contributed by atoms with van der Waals surface area (Å²) in [6.45, 7) is 8.44. The Morgan fingerprint density at radius 2 is 2.04 bits per heavy atom. The summed E-state index contributed by atoms with van der Waals surface area (Å²) in [6.07, 6.45) is 6.97. The van der Waals surface area contributed by atoms with Crippen molar-refractivity contribution in [2.24, 2.45) is 11.3 Å². The minimum atomic E-state index is 0.478. The Hall–Kier alpha value is -1.81. The second-order valence-electron chi connectivity index (χ2n) is 9.13. The Labute approximate surface area is 162 Å². The molecule has 1 saturated carbocycles. The van der Waals surface area contributed by atoms with Crippen molar-refractivity contribution in [1.29, 1.82) is 0 Å². The third-order valence-electron chi connectivity index (χ3n) is 6.93. The zero-order valence-electron chi connectivity index (χ0n) is 16.7. The van der Waals surface area contributed by atoms with Crippen molar-refractivity contribution in [1.82, 2.24) is 9.88 Å². The predicted molar refractivity (Wildman–Crippen MR) is 111 cm³/mol. The molecule has 3 heterocycles. The molecule has 4 nitrogen and oxygen atoms in total. The van der Waals surface area contributed by atoms with Gasteiger partial charge in [0, 0.05) is 43.0 Å². The highest BCUT2D eigenvalue weighted by Crippen LogP contribution is 2.42. The molecule has 1 spiro atoms. The average Bonchev–Trinajstić information content (AvgIpc) is 3.40. The highest BCUT2D eigenvalue weighted by molar-refractivity contribution is 5.85. The average molecular weight is 366 g/mol. The van der Waals surface area contributed by atoms with Gasteiger partial charge in [0.05, 0.1) is 12.6 Å². The van der Waals surface area contributed by atoms with Crippen LogP contribution in [0.5, 0.6) is 5.75 Å². The van der Waals surface area contributed by atoms with Crippen LogP contribution in [0.15, 0.2) is 24.3 Å². The lowest BCUT2D eigenvalue weighted by atomic mass is 9.79. The van der Waals surface area contributed by atoms with Crippen LogP contribution in [-0.4, -0.2) is 49.7 Å². The smallest absolute Gasteiger partial charge is 0.129 e. The van der Waals surface area contributed by atoms with Crippen LogP contribution < -0.4 is 9.64 Å². The van der Waals surface area contributed by atoms with Crippen LogP contribution in [0.1, 0.15) is 37.7 Å². The van der Waals surface area contributed by atoms with Gasteiger partial charge >= 0.3 is 0 Å². The second kappa shape index (κ2) is 6.66. The van der Waals surface area contributed by atoms with Crippen molar-refractivity contribution in [3.05, 3.63) is 29.8 Å². The van der Waals surface area contributed by atoms with Gasteiger partial charge in [-0.25, -0.2) is 4.98 Å². The van der Waals surface area contributed by atoms with Gasteiger partial charge in [-0.2, -0.15) is 0 Å². The first-order chi connectivity index (χ1) is 13.1. The van der Waals surface area contributed by atoms with E-state index in [0.717, 1.165) is 36.1 Å². The molecule has 1 atom stereocenters. The zero-order chi connectivity index (χ0) is 18.4. The summed E-state index contributed by atoms with van der Waals surface area (Å²) in [7, 11) is 1.72. The SMILES string of the molecule is COc1ccc2c(C)cc(N3CC[C@@]4(CCCN(CC5CC5)C4)C3)nc2c1. The molecule has 0 amide bonds. The number of benzene rings is 1. The quantitative estimate of drug-likeness (QED) is 0.810. The van der Waals surface area contributed by atoms with E-state index in [1.807, 2.05) is 6.07 Å². The molecular formula is C23H31N3O. The lowest BCUT2D eigenvalue weighted by Gasteiger charge is -2.40. The fourth-order valence-corrected chi connectivity index (χ4v) is 5.25. The summed E-state index contributed by atoms with van der Waals surface area (Å²) >= 11 is 0. The largest absolute Gasteiger partial charge is 0.497 e. The van der Waals surface area contributed by atoms with Gasteiger partial charge in [-0.15, -0.1) is 0 Å². The Balaban J connectivity index is 1.37. The summed E-state index contributed by atoms with van der Waals surface area (Å²) in [5.41, 5.74) is 2.83. The van der Waals surface area contributed by atoms with E-state index in [-0.39, 0.29) is 0 Å². The zero-order valence-corrected chi connectivity index (χ0v) is 16.7. The first kappa shape index (κ1) is 17.3. The third-order valence-corrected chi connectivity index (χ3v) is 6.93. The van der Waals surface area contributed by atoms with E-state index >= 15 is 0 Å². The van der Waals surface area contributed by atoms with E-state index in [4.69, 9.17) is 9.72 Å². The molecule has 2 aromatic rings. The molecule has 0 bridgehead atoms. The molecule has 0 N–H and O–H groups in total. The molecule has 0 radical (unpaired) electrons. The molecule has 4 heteroatoms. The highest BCUT2D eigenvalue weighted by atomic mass is 16.5. The monoisotopic (exact) mass is 365 g/mol. The Morgan fingerprint density at radius 3 is 2.85 bits per heavy atom. The maximum atomic E-state index is 5.41. The molecule has 0 unspecified atom stereocenters. The molecule has 3 fully saturated rings. The van der Waals surface area contributed by atoms with Gasteiger partial charge in [-0.3, -0.25) is 0 Å². The normalized spacial score (nSPS) is 26.2. The molecule has 2 aliphatic heterocycles. The maximum Gasteiger partial charge on any atom is 0.129 e. The fourth-order valence-electron chi connectivity index (χ4n) is 5.25. The molecule has 5 rings (SSSR count). The van der Waals surface area contributed by atoms with Crippen molar-refractivity contribution in [3.63, 3.8) is 0 Å². The van der Waals surface area contributed by atoms with Gasteiger partial charge in [0.25, 0.3) is 0 Å². The maximum absolute atomic E-state index is 5.41. The van der Waals surface area contributed by atoms with Crippen LogP contribution >= 0.6 is 0 Å². The van der Waals surface area contributed by atoms with Gasteiger partial charge in [0.1, 0.15) is 11.6 Å². The molecule has 1 aromatic heterocycles. The van der Waals surface area contributed by atoms with Gasteiger partial charge in [0.2, 0.25) is 0 Å². The van der Waals surface area contributed by atoms with Crippen LogP contribution in [0, 0.1) is 18.3 Å². The van der Waals surface area contributed by atoms with Crippen molar-refractivity contribution < 1.29 is 4.74 Å². The van der Waals surface area contributed by atoms with E-state index in [9.17, 15) is 0 Å². The van der Waals surface area contributed by atoms with Crippen molar-refractivity contribution in [2.75, 3.05) is 44.7 Å². The number of methoxy groups -OCH3 is 1. The number of hydrogen-bond acceptors (Lipinski definition) is 4. The number of rotatable bonds is 4. The second-order valence-corrected chi connectivity index (χ2v) is 9.13. The van der Waals surface area contributed by atoms with Crippen molar-refractivity contribution in [3.8, 4) is 5.75 Å². The molecule has 1 aromatic carbocycles. The Bertz CT molecular complexity index is 847. The number of likely N-dealkylation sites (tertiary alicyclic amines) is 1. The fraction of sp³-hybridized carbons (Fsp3) is 0.609. The van der Waals surface area contributed by atoms with Crippen LogP contribution in [0.4, 0.5) is 5.82 Å². The molecule has 144 valence electrons. The van der Waals surface area contributed by atoms with Gasteiger partial charge in [-0.05, 0) is 75.3 Å². The van der Waals surface area contributed by atoms with Crippen LogP contribution in [0.2, 0.25) is 0 Å². The lowest BCUT2D eigenvalue weighted by molar-refractivity contribution is 0.101. The number of nitrogens with zero attached hydrogens (tertiary/aromatic N) is 3. The molecule has 2 saturated heterocycles. The molecular weight excluding hydrogens is 334 g/mol. The van der Waals surface area contributed by atoms with Crippen molar-refractivity contribution >= 4 is 16.7 Å². The number of piperidine rings is 1. The van der Waals surface area contributed by atoms with Crippen LogP contribution in [-0.2, 0) is 0 Å². The number of aromatic nitrogens is 1. The number of pyridine rings is 1. The first-order valence-corrected chi connectivity index (χ1v) is 10.6. The van der Waals surface area contributed by atoms with Gasteiger partial charge in [-0.1, -0.05) is 0 Å². The topological polar surface area (TPSA) is 28.6 Å². The summed E-state index contributed by atoms with van der Waals surface area (Å²) < 4.78 is 5.41.